The van der Waals surface area contributed by atoms with Crippen molar-refractivity contribution in [3.8, 4) is 11.1 Å². The standard InChI is InChI=1S/C23H22F2N4O3/c1-11-6-16(29-23(32)20(30)13-7-14(24)9-15(25)8-13)4-5-17(11)18-10-19(22(31)27-3)21(26)28-12(18)2/h4-10,20,30H,1-3H3,(H2,26,28)(H,27,31)(H,29,32). The highest BCUT2D eigenvalue weighted by Gasteiger charge is 2.20. The molecule has 0 radical (unpaired) electrons. The number of benzene rings is 2. The molecular formula is C23H22F2N4O3. The van der Waals surface area contributed by atoms with Crippen molar-refractivity contribution in [1.82, 2.24) is 10.3 Å². The van der Waals surface area contributed by atoms with Gasteiger partial charge < -0.3 is 21.5 Å². The van der Waals surface area contributed by atoms with Gasteiger partial charge in [0.05, 0.1) is 5.56 Å². The first-order valence-electron chi connectivity index (χ1n) is 9.66. The molecule has 3 aromatic rings. The monoisotopic (exact) mass is 440 g/mol. The number of hydrogen-bond acceptors (Lipinski definition) is 5. The van der Waals surface area contributed by atoms with Gasteiger partial charge >= 0.3 is 0 Å². The predicted molar refractivity (Wildman–Crippen MR) is 117 cm³/mol. The highest BCUT2D eigenvalue weighted by Crippen LogP contribution is 2.30. The van der Waals surface area contributed by atoms with Crippen molar-refractivity contribution in [2.24, 2.45) is 0 Å². The number of nitrogens with two attached hydrogens (primary N) is 1. The molecule has 32 heavy (non-hydrogen) atoms. The normalized spacial score (nSPS) is 11.7. The maximum absolute atomic E-state index is 13.4. The number of nitrogen functional groups attached to an aromatic ring is 1. The third kappa shape index (κ3) is 4.73. The van der Waals surface area contributed by atoms with Crippen LogP contribution in [-0.2, 0) is 4.79 Å². The van der Waals surface area contributed by atoms with Crippen molar-refractivity contribution < 1.29 is 23.5 Å². The maximum atomic E-state index is 13.4. The molecule has 7 nitrogen and oxygen atoms in total. The van der Waals surface area contributed by atoms with E-state index in [9.17, 15) is 23.5 Å². The third-order valence-corrected chi connectivity index (χ3v) is 4.95. The van der Waals surface area contributed by atoms with E-state index in [4.69, 9.17) is 5.73 Å². The smallest absolute Gasteiger partial charge is 0.257 e. The zero-order valence-electron chi connectivity index (χ0n) is 17.7. The van der Waals surface area contributed by atoms with E-state index in [2.05, 4.69) is 15.6 Å². The number of pyridine rings is 1. The second kappa shape index (κ2) is 9.11. The number of nitrogens with one attached hydrogen (secondary N) is 2. The van der Waals surface area contributed by atoms with Crippen molar-refractivity contribution >= 4 is 23.3 Å². The van der Waals surface area contributed by atoms with Crippen molar-refractivity contribution in [3.05, 3.63) is 76.5 Å². The fraction of sp³-hybridized carbons (Fsp3) is 0.174. The molecule has 0 aliphatic heterocycles. The summed E-state index contributed by atoms with van der Waals surface area (Å²) < 4.78 is 26.7. The Morgan fingerprint density at radius 3 is 2.28 bits per heavy atom. The summed E-state index contributed by atoms with van der Waals surface area (Å²) in [6.45, 7) is 3.57. The Labute approximate surface area is 183 Å². The van der Waals surface area contributed by atoms with E-state index in [1.807, 2.05) is 0 Å². The lowest BCUT2D eigenvalue weighted by molar-refractivity contribution is -0.124. The van der Waals surface area contributed by atoms with Crippen LogP contribution < -0.4 is 16.4 Å². The molecule has 0 saturated carbocycles. The zero-order chi connectivity index (χ0) is 23.6. The number of amides is 2. The number of hydrogen-bond donors (Lipinski definition) is 4. The first-order chi connectivity index (χ1) is 15.1. The van der Waals surface area contributed by atoms with E-state index in [0.29, 0.717) is 23.0 Å². The summed E-state index contributed by atoms with van der Waals surface area (Å²) in [7, 11) is 1.50. The quantitative estimate of drug-likeness (QED) is 0.486. The molecule has 1 unspecified atom stereocenters. The Bertz CT molecular complexity index is 1190. The van der Waals surface area contributed by atoms with Crippen LogP contribution in [0.4, 0.5) is 20.3 Å². The summed E-state index contributed by atoms with van der Waals surface area (Å²) in [5, 5.41) is 15.2. The molecule has 9 heteroatoms. The molecule has 1 atom stereocenters. The molecule has 2 amide bonds. The van der Waals surface area contributed by atoms with Gasteiger partial charge in [-0.2, -0.15) is 0 Å². The van der Waals surface area contributed by atoms with Gasteiger partial charge in [0, 0.05) is 30.1 Å². The van der Waals surface area contributed by atoms with Gasteiger partial charge in [-0.25, -0.2) is 13.8 Å². The minimum atomic E-state index is -1.75. The fourth-order valence-electron chi connectivity index (χ4n) is 3.35. The van der Waals surface area contributed by atoms with Crippen molar-refractivity contribution in [2.45, 2.75) is 20.0 Å². The van der Waals surface area contributed by atoms with Gasteiger partial charge in [0.1, 0.15) is 17.5 Å². The fourth-order valence-corrected chi connectivity index (χ4v) is 3.35. The molecule has 0 saturated heterocycles. The SMILES string of the molecule is CNC(=O)c1cc(-c2ccc(NC(=O)C(O)c3cc(F)cc(F)c3)cc2C)c(C)nc1N. The summed E-state index contributed by atoms with van der Waals surface area (Å²) >= 11 is 0. The second-order valence-corrected chi connectivity index (χ2v) is 7.26. The number of nitrogens with zero attached hydrogens (tertiary/aromatic N) is 1. The molecular weight excluding hydrogens is 418 g/mol. The lowest BCUT2D eigenvalue weighted by Crippen LogP contribution is -2.21. The second-order valence-electron chi connectivity index (χ2n) is 7.26. The number of rotatable bonds is 5. The van der Waals surface area contributed by atoms with Crippen LogP contribution >= 0.6 is 0 Å². The van der Waals surface area contributed by atoms with Crippen molar-refractivity contribution in [1.29, 1.82) is 0 Å². The topological polar surface area (TPSA) is 117 Å². The van der Waals surface area contributed by atoms with Crippen LogP contribution in [0.15, 0.2) is 42.5 Å². The zero-order valence-corrected chi connectivity index (χ0v) is 17.7. The maximum Gasteiger partial charge on any atom is 0.257 e. The first kappa shape index (κ1) is 22.8. The van der Waals surface area contributed by atoms with E-state index >= 15 is 0 Å². The predicted octanol–water partition coefficient (Wildman–Crippen LogP) is 3.26. The van der Waals surface area contributed by atoms with E-state index in [0.717, 1.165) is 23.3 Å². The molecule has 3 rings (SSSR count). The van der Waals surface area contributed by atoms with Crippen LogP contribution in [0.5, 0.6) is 0 Å². The van der Waals surface area contributed by atoms with Crippen molar-refractivity contribution in [3.63, 3.8) is 0 Å². The van der Waals surface area contributed by atoms with Gasteiger partial charge in [-0.3, -0.25) is 9.59 Å². The molecule has 1 heterocycles. The average Bonchev–Trinajstić information content (AvgIpc) is 2.72. The highest BCUT2D eigenvalue weighted by molar-refractivity contribution is 6.00. The first-order valence-corrected chi connectivity index (χ1v) is 9.66. The van der Waals surface area contributed by atoms with Crippen LogP contribution in [0, 0.1) is 25.5 Å². The Kier molecular flexibility index (Phi) is 6.50. The van der Waals surface area contributed by atoms with E-state index in [-0.39, 0.29) is 22.9 Å². The molecule has 0 aliphatic carbocycles. The van der Waals surface area contributed by atoms with Gasteiger partial charge in [0.15, 0.2) is 6.10 Å². The molecule has 0 spiro atoms. The van der Waals surface area contributed by atoms with Crippen LogP contribution in [0.3, 0.4) is 0 Å². The molecule has 5 N–H and O–H groups in total. The summed E-state index contributed by atoms with van der Waals surface area (Å²) in [6.07, 6.45) is -1.75. The third-order valence-electron chi connectivity index (χ3n) is 4.95. The number of aryl methyl sites for hydroxylation is 2. The van der Waals surface area contributed by atoms with Gasteiger partial charge in [0.2, 0.25) is 0 Å². The number of anilines is 2. The minimum absolute atomic E-state index is 0.120. The number of aliphatic hydroxyl groups excluding tert-OH is 1. The Balaban J connectivity index is 1.87. The minimum Gasteiger partial charge on any atom is -0.383 e. The van der Waals surface area contributed by atoms with Gasteiger partial charge in [0.25, 0.3) is 11.8 Å². The van der Waals surface area contributed by atoms with E-state index < -0.39 is 23.6 Å². The molecule has 166 valence electrons. The van der Waals surface area contributed by atoms with Crippen LogP contribution in [-0.4, -0.2) is 29.0 Å². The Hall–Kier alpha value is -3.85. The average molecular weight is 440 g/mol. The summed E-state index contributed by atoms with van der Waals surface area (Å²) in [4.78, 5) is 28.7. The van der Waals surface area contributed by atoms with E-state index in [1.54, 1.807) is 38.1 Å². The summed E-state index contributed by atoms with van der Waals surface area (Å²) in [5.41, 5.74) is 9.14. The number of carbonyl (C=O) groups excluding carboxylic acids is 2. The highest BCUT2D eigenvalue weighted by atomic mass is 19.1. The number of aliphatic hydroxyl groups is 1. The van der Waals surface area contributed by atoms with Gasteiger partial charge in [-0.15, -0.1) is 0 Å². The number of carbonyl (C=O) groups is 2. The Morgan fingerprint density at radius 2 is 1.69 bits per heavy atom. The molecule has 0 fully saturated rings. The lowest BCUT2D eigenvalue weighted by Gasteiger charge is -2.15. The van der Waals surface area contributed by atoms with Crippen LogP contribution in [0.1, 0.15) is 33.3 Å². The van der Waals surface area contributed by atoms with Crippen LogP contribution in [0.2, 0.25) is 0 Å². The van der Waals surface area contributed by atoms with E-state index in [1.165, 1.54) is 7.05 Å². The molecule has 0 bridgehead atoms. The van der Waals surface area contributed by atoms with Crippen molar-refractivity contribution in [2.75, 3.05) is 18.1 Å². The number of aromatic nitrogens is 1. The largest absolute Gasteiger partial charge is 0.383 e. The molecule has 2 aromatic carbocycles. The van der Waals surface area contributed by atoms with Crippen LogP contribution in [0.25, 0.3) is 11.1 Å². The lowest BCUT2D eigenvalue weighted by atomic mass is 9.97. The van der Waals surface area contributed by atoms with Gasteiger partial charge in [-0.05, 0) is 60.9 Å². The summed E-state index contributed by atoms with van der Waals surface area (Å²) in [6, 6.07) is 9.09. The molecule has 0 aliphatic rings. The number of halogens is 2. The summed E-state index contributed by atoms with van der Waals surface area (Å²) in [5.74, 6) is -2.86. The Morgan fingerprint density at radius 1 is 1.03 bits per heavy atom. The molecule has 1 aromatic heterocycles. The van der Waals surface area contributed by atoms with Gasteiger partial charge in [-0.1, -0.05) is 6.07 Å².